The Labute approximate surface area is 376 Å². The molecule has 10 rings (SSSR count). The Hall–Kier alpha value is -7.51. The van der Waals surface area contributed by atoms with Crippen LogP contribution in [-0.2, 0) is 0 Å². The molecule has 4 nitrogen and oxygen atoms in total. The summed E-state index contributed by atoms with van der Waals surface area (Å²) in [4.78, 5) is 10.2. The second-order valence-electron chi connectivity index (χ2n) is 17.4. The van der Waals surface area contributed by atoms with E-state index in [1.807, 2.05) is 66.7 Å². The van der Waals surface area contributed by atoms with Gasteiger partial charge in [0, 0.05) is 32.8 Å². The van der Waals surface area contributed by atoms with Crippen LogP contribution in [0, 0.1) is 41.5 Å². The van der Waals surface area contributed by atoms with E-state index in [-0.39, 0.29) is 6.42 Å². The van der Waals surface area contributed by atoms with Gasteiger partial charge >= 0.3 is 6.18 Å². The van der Waals surface area contributed by atoms with Crippen molar-refractivity contribution in [2.45, 2.75) is 54.1 Å². The smallest absolute Gasteiger partial charge is 0.324 e. The van der Waals surface area contributed by atoms with Crippen LogP contribution in [0.15, 0.2) is 173 Å². The molecule has 2 aliphatic rings. The molecule has 1 aromatic heterocycles. The van der Waals surface area contributed by atoms with Crippen LogP contribution in [0.2, 0.25) is 0 Å². The lowest BCUT2D eigenvalue weighted by atomic mass is 9.92. The molecule has 1 aliphatic carbocycles. The molecule has 8 aromatic rings. The third-order valence-corrected chi connectivity index (χ3v) is 12.6. The second-order valence-corrected chi connectivity index (χ2v) is 17.4. The van der Waals surface area contributed by atoms with E-state index in [2.05, 4.69) is 124 Å². The normalized spacial score (nSPS) is 15.8. The van der Waals surface area contributed by atoms with E-state index in [4.69, 9.17) is 9.98 Å². The van der Waals surface area contributed by atoms with Crippen LogP contribution in [0.25, 0.3) is 61.1 Å². The number of rotatable bonds is 5. The SMILES string of the molecule is Cc1cc(C)c(-c2ccc3c4ccc(-c5c(C)cc(C)cc5C)cc4n(-c4ccc(=C5C=CC(C(F)(F)F)=CC5)c(=C5N=C(c6ccccc6)N=C(c6ccccc6)N5)c4)c3c2)c(C)c1. The van der Waals surface area contributed by atoms with Crippen LogP contribution < -0.4 is 15.8 Å². The van der Waals surface area contributed by atoms with E-state index in [1.54, 1.807) is 6.08 Å². The largest absolute Gasteiger partial charge is 0.416 e. The Kier molecular flexibility index (Phi) is 10.4. The summed E-state index contributed by atoms with van der Waals surface area (Å²) < 4.78 is 44.1. The van der Waals surface area contributed by atoms with E-state index in [1.165, 1.54) is 56.7 Å². The number of amidine groups is 2. The predicted molar refractivity (Wildman–Crippen MR) is 263 cm³/mol. The van der Waals surface area contributed by atoms with Gasteiger partial charge in [-0.1, -0.05) is 145 Å². The highest BCUT2D eigenvalue weighted by Crippen LogP contribution is 2.39. The fraction of sp³-hybridized carbons (Fsp3) is 0.138. The number of hydrogen-bond donors (Lipinski definition) is 1. The van der Waals surface area contributed by atoms with Gasteiger partial charge in [-0.15, -0.1) is 0 Å². The van der Waals surface area contributed by atoms with Gasteiger partial charge in [-0.25, -0.2) is 9.98 Å². The summed E-state index contributed by atoms with van der Waals surface area (Å²) in [5, 5.41) is 7.31. The van der Waals surface area contributed by atoms with Crippen LogP contribution in [0.5, 0.6) is 0 Å². The van der Waals surface area contributed by atoms with Gasteiger partial charge in [0.05, 0.1) is 16.6 Å². The van der Waals surface area contributed by atoms with Crippen LogP contribution >= 0.6 is 0 Å². The average molecular weight is 857 g/mol. The number of benzene rings is 7. The van der Waals surface area contributed by atoms with E-state index in [0.29, 0.717) is 17.5 Å². The summed E-state index contributed by atoms with van der Waals surface area (Å²) in [5.74, 6) is 1.69. The number of aliphatic imine (C=N–C) groups is 2. The number of halogens is 3. The lowest BCUT2D eigenvalue weighted by molar-refractivity contribution is -0.0884. The minimum absolute atomic E-state index is 0.104. The van der Waals surface area contributed by atoms with Crippen molar-refractivity contribution in [1.82, 2.24) is 9.88 Å². The highest BCUT2D eigenvalue weighted by atomic mass is 19.4. The molecule has 7 aromatic carbocycles. The topological polar surface area (TPSA) is 41.7 Å². The Bertz CT molecular complexity index is 3350. The van der Waals surface area contributed by atoms with Crippen molar-refractivity contribution in [3.05, 3.63) is 218 Å². The Morgan fingerprint density at radius 3 is 1.57 bits per heavy atom. The number of alkyl halides is 3. The van der Waals surface area contributed by atoms with Crippen molar-refractivity contribution in [3.8, 4) is 27.9 Å². The third-order valence-electron chi connectivity index (χ3n) is 12.6. The standard InChI is InChI=1S/C58H47F3N4/c1-34-27-36(3)53(37(4)28-34)43-19-24-48-49-25-20-44(54-38(5)29-35(2)30-39(54)6)32-52(49)65(51(48)31-43)46-23-26-47(40-17-21-45(22-18-40)58(59,60)61)50(33-46)57-63-55(41-13-9-7-10-14-41)62-56(64-57)42-15-11-8-12-16-42/h7-17,19-33H,18H2,1-6H3,(H,62,63,64). The maximum atomic E-state index is 13.9. The van der Waals surface area contributed by atoms with Crippen molar-refractivity contribution in [2.24, 2.45) is 9.98 Å². The Morgan fingerprint density at radius 1 is 0.523 bits per heavy atom. The zero-order valence-corrected chi connectivity index (χ0v) is 37.2. The second kappa shape index (κ2) is 16.2. The number of nitrogens with one attached hydrogen (secondary N) is 1. The summed E-state index contributed by atoms with van der Waals surface area (Å²) in [6.07, 6.45) is -0.306. The molecular formula is C58H47F3N4. The third kappa shape index (κ3) is 7.71. The van der Waals surface area contributed by atoms with Gasteiger partial charge in [0.1, 0.15) is 11.7 Å². The minimum Gasteiger partial charge on any atom is -0.324 e. The molecule has 0 amide bonds. The molecule has 1 aliphatic heterocycles. The average Bonchev–Trinajstić information content (AvgIpc) is 3.61. The van der Waals surface area contributed by atoms with Crippen molar-refractivity contribution >= 4 is 44.9 Å². The van der Waals surface area contributed by atoms with E-state index >= 15 is 0 Å². The quantitative estimate of drug-likeness (QED) is 0.184. The van der Waals surface area contributed by atoms with Crippen molar-refractivity contribution in [3.63, 3.8) is 0 Å². The maximum absolute atomic E-state index is 13.9. The summed E-state index contributed by atoms with van der Waals surface area (Å²) in [7, 11) is 0. The molecule has 320 valence electrons. The van der Waals surface area contributed by atoms with Gasteiger partial charge in [0.2, 0.25) is 0 Å². The highest BCUT2D eigenvalue weighted by molar-refractivity contribution is 6.16. The molecule has 0 fully saturated rings. The number of allylic oxidation sites excluding steroid dienone is 4. The molecule has 65 heavy (non-hydrogen) atoms. The van der Waals surface area contributed by atoms with Gasteiger partial charge in [0.25, 0.3) is 0 Å². The zero-order chi connectivity index (χ0) is 45.1. The van der Waals surface area contributed by atoms with E-state index in [0.717, 1.165) is 65.8 Å². The van der Waals surface area contributed by atoms with Gasteiger partial charge < -0.3 is 9.88 Å². The molecule has 0 saturated carbocycles. The van der Waals surface area contributed by atoms with Crippen LogP contribution in [0.3, 0.4) is 0 Å². The minimum atomic E-state index is -4.44. The monoisotopic (exact) mass is 856 g/mol. The molecule has 1 N–H and O–H groups in total. The molecule has 2 heterocycles. The molecule has 0 saturated heterocycles. The van der Waals surface area contributed by atoms with E-state index < -0.39 is 11.7 Å². The van der Waals surface area contributed by atoms with Crippen molar-refractivity contribution in [1.29, 1.82) is 0 Å². The summed E-state index contributed by atoms with van der Waals surface area (Å²) in [5.41, 5.74) is 16.7. The first kappa shape index (κ1) is 41.5. The maximum Gasteiger partial charge on any atom is 0.416 e. The number of aryl methyl sites for hydroxylation is 6. The molecule has 7 heteroatoms. The predicted octanol–water partition coefficient (Wildman–Crippen LogP) is 13.1. The van der Waals surface area contributed by atoms with Gasteiger partial charge in [-0.3, -0.25) is 0 Å². The molecule has 0 atom stereocenters. The fourth-order valence-corrected chi connectivity index (χ4v) is 9.96. The molecular weight excluding hydrogens is 810 g/mol. The van der Waals surface area contributed by atoms with Crippen molar-refractivity contribution in [2.75, 3.05) is 0 Å². The highest BCUT2D eigenvalue weighted by Gasteiger charge is 2.32. The van der Waals surface area contributed by atoms with Crippen LogP contribution in [0.1, 0.15) is 50.9 Å². The molecule has 0 spiro atoms. The number of aromatic nitrogens is 1. The molecule has 0 bridgehead atoms. The summed E-state index contributed by atoms with van der Waals surface area (Å²) in [6.45, 7) is 13.0. The first-order valence-corrected chi connectivity index (χ1v) is 21.9. The first-order chi connectivity index (χ1) is 31.3. The molecule has 0 unspecified atom stereocenters. The lowest BCUT2D eigenvalue weighted by Gasteiger charge is -2.19. The Morgan fingerprint density at radius 2 is 1.06 bits per heavy atom. The van der Waals surface area contributed by atoms with Gasteiger partial charge in [-0.2, -0.15) is 13.2 Å². The fourth-order valence-electron chi connectivity index (χ4n) is 9.96. The first-order valence-electron chi connectivity index (χ1n) is 21.9. The van der Waals surface area contributed by atoms with Crippen molar-refractivity contribution < 1.29 is 13.2 Å². The van der Waals surface area contributed by atoms with Gasteiger partial charge in [-0.05, 0) is 128 Å². The van der Waals surface area contributed by atoms with Crippen LogP contribution in [-0.4, -0.2) is 22.4 Å². The molecule has 0 radical (unpaired) electrons. The van der Waals surface area contributed by atoms with Gasteiger partial charge in [0.15, 0.2) is 5.84 Å². The number of fused-ring (bicyclic) bond motifs is 3. The summed E-state index contributed by atoms with van der Waals surface area (Å²) >= 11 is 0. The Balaban J connectivity index is 1.30. The van der Waals surface area contributed by atoms with Crippen LogP contribution in [0.4, 0.5) is 13.2 Å². The zero-order valence-electron chi connectivity index (χ0n) is 37.2. The number of hydrogen-bond acceptors (Lipinski definition) is 3. The lowest BCUT2D eigenvalue weighted by Crippen LogP contribution is -2.38. The summed E-state index contributed by atoms with van der Waals surface area (Å²) in [6, 6.07) is 48.5. The number of nitrogens with zero attached hydrogens (tertiary/aromatic N) is 3. The van der Waals surface area contributed by atoms with E-state index in [9.17, 15) is 13.2 Å².